The van der Waals surface area contributed by atoms with Gasteiger partial charge in [0.25, 0.3) is 0 Å². The second-order valence-corrected chi connectivity index (χ2v) is 19.0. The van der Waals surface area contributed by atoms with Crippen molar-refractivity contribution in [1.82, 2.24) is 0 Å². The van der Waals surface area contributed by atoms with Crippen LogP contribution in [0, 0.1) is 11.8 Å². The summed E-state index contributed by atoms with van der Waals surface area (Å²) < 4.78 is 25.9. The Bertz CT molecular complexity index is 2130. The second kappa shape index (κ2) is 23.8. The number of rotatable bonds is 23. The van der Waals surface area contributed by atoms with Crippen molar-refractivity contribution in [3.8, 4) is 34.1 Å². The molecule has 4 heteroatoms. The third-order valence-electron chi connectivity index (χ3n) is 14.5. The van der Waals surface area contributed by atoms with Gasteiger partial charge >= 0.3 is 0 Å². The van der Waals surface area contributed by atoms with Crippen LogP contribution in [0.5, 0.6) is 23.0 Å². The Kier molecular flexibility index (Phi) is 17.0. The quantitative estimate of drug-likeness (QED) is 0.0602. The third kappa shape index (κ3) is 12.2. The van der Waals surface area contributed by atoms with Gasteiger partial charge in [-0.15, -0.1) is 0 Å². The van der Waals surface area contributed by atoms with Crippen LogP contribution < -0.4 is 18.9 Å². The molecule has 0 unspecified atom stereocenters. The smallest absolute Gasteiger partial charge is 0.127 e. The minimum Gasteiger partial charge on any atom is -0.493 e. The SMILES string of the molecule is CCCCCC1CCC(c2ccc(OCCCOc3ccc4ccccc4c3-c3c(OCCCOc4ccc(C5CCC(CCCCC)CC5)cc4)ccc4ccccc34)cc2)CC1. The lowest BCUT2D eigenvalue weighted by molar-refractivity contribution is 0.246. The Morgan fingerprint density at radius 3 is 1.17 bits per heavy atom. The minimum absolute atomic E-state index is 0.546. The highest BCUT2D eigenvalue weighted by molar-refractivity contribution is 6.09. The molecule has 0 atom stereocenters. The van der Waals surface area contributed by atoms with Gasteiger partial charge in [0.1, 0.15) is 23.0 Å². The summed E-state index contributed by atoms with van der Waals surface area (Å²) in [5.74, 6) is 6.84. The first kappa shape index (κ1) is 45.6. The average molecular weight is 859 g/mol. The summed E-state index contributed by atoms with van der Waals surface area (Å²) in [7, 11) is 0. The fourth-order valence-electron chi connectivity index (χ4n) is 10.7. The molecule has 2 aliphatic carbocycles. The molecule has 0 aliphatic heterocycles. The van der Waals surface area contributed by atoms with Crippen molar-refractivity contribution >= 4 is 21.5 Å². The van der Waals surface area contributed by atoms with E-state index in [0.717, 1.165) is 69.6 Å². The van der Waals surface area contributed by atoms with Gasteiger partial charge < -0.3 is 18.9 Å². The Labute approximate surface area is 385 Å². The summed E-state index contributed by atoms with van der Waals surface area (Å²) in [6.45, 7) is 6.89. The second-order valence-electron chi connectivity index (χ2n) is 19.0. The van der Waals surface area contributed by atoms with E-state index >= 15 is 0 Å². The summed E-state index contributed by atoms with van der Waals surface area (Å²) in [5.41, 5.74) is 5.07. The number of ether oxygens (including phenoxy) is 4. The molecule has 0 spiro atoms. The molecule has 8 rings (SSSR count). The highest BCUT2D eigenvalue weighted by Gasteiger charge is 2.24. The van der Waals surface area contributed by atoms with Gasteiger partial charge in [-0.2, -0.15) is 0 Å². The molecule has 0 saturated heterocycles. The number of hydrogen-bond donors (Lipinski definition) is 0. The van der Waals surface area contributed by atoms with E-state index in [4.69, 9.17) is 18.9 Å². The number of unbranched alkanes of at least 4 members (excludes halogenated alkanes) is 4. The van der Waals surface area contributed by atoms with E-state index in [1.807, 2.05) is 0 Å². The van der Waals surface area contributed by atoms with E-state index in [1.54, 1.807) is 0 Å². The molecule has 64 heavy (non-hydrogen) atoms. The van der Waals surface area contributed by atoms with E-state index in [-0.39, 0.29) is 0 Å². The fraction of sp³-hybridized carbons (Fsp3) is 0.467. The molecule has 0 radical (unpaired) electrons. The largest absolute Gasteiger partial charge is 0.493 e. The standard InChI is InChI=1S/C60H74O4/c1-3-5-7-15-45-21-25-47(26-22-45)49-29-35-53(36-30-49)61-41-13-43-63-57-39-33-51-17-9-11-19-55(51)59(57)60-56-20-12-10-18-52(56)34-40-58(60)64-44-14-42-62-54-37-31-50(32-38-54)48-27-23-46(24-28-48)16-8-6-4-2/h9-12,17-20,29-40,45-48H,3-8,13-16,21-28,41-44H2,1-2H3. The van der Waals surface area contributed by atoms with Crippen LogP contribution in [-0.2, 0) is 0 Å². The molecule has 4 nitrogen and oxygen atoms in total. The van der Waals surface area contributed by atoms with Crippen LogP contribution >= 0.6 is 0 Å². The van der Waals surface area contributed by atoms with Crippen molar-refractivity contribution in [2.45, 2.75) is 141 Å². The number of hydrogen-bond acceptors (Lipinski definition) is 4. The Morgan fingerprint density at radius 2 is 0.766 bits per heavy atom. The van der Waals surface area contributed by atoms with Crippen LogP contribution in [-0.4, -0.2) is 26.4 Å². The molecule has 338 valence electrons. The highest BCUT2D eigenvalue weighted by atomic mass is 16.5. The van der Waals surface area contributed by atoms with Crippen molar-refractivity contribution in [1.29, 1.82) is 0 Å². The molecule has 0 N–H and O–H groups in total. The zero-order valence-corrected chi connectivity index (χ0v) is 39.0. The van der Waals surface area contributed by atoms with Gasteiger partial charge in [0.05, 0.1) is 26.4 Å². The molecule has 0 aromatic heterocycles. The third-order valence-corrected chi connectivity index (χ3v) is 14.5. The zero-order valence-electron chi connectivity index (χ0n) is 39.0. The van der Waals surface area contributed by atoms with E-state index in [9.17, 15) is 0 Å². The van der Waals surface area contributed by atoms with E-state index in [2.05, 4.69) is 135 Å². The van der Waals surface area contributed by atoms with Gasteiger partial charge in [-0.05, 0) is 144 Å². The maximum atomic E-state index is 6.69. The van der Waals surface area contributed by atoms with E-state index < -0.39 is 0 Å². The Balaban J connectivity index is 0.861. The van der Waals surface area contributed by atoms with E-state index in [1.165, 1.54) is 125 Å². The fourth-order valence-corrected chi connectivity index (χ4v) is 10.7. The molecule has 2 saturated carbocycles. The lowest BCUT2D eigenvalue weighted by atomic mass is 9.77. The maximum absolute atomic E-state index is 6.69. The van der Waals surface area contributed by atoms with Crippen LogP contribution in [0.15, 0.2) is 121 Å². The highest BCUT2D eigenvalue weighted by Crippen LogP contribution is 2.46. The lowest BCUT2D eigenvalue weighted by Crippen LogP contribution is -2.13. The molecule has 0 heterocycles. The average Bonchev–Trinajstić information content (AvgIpc) is 3.35. The summed E-state index contributed by atoms with van der Waals surface area (Å²) in [6, 6.07) is 43.6. The molecule has 6 aromatic carbocycles. The Hall–Kier alpha value is -4.96. The van der Waals surface area contributed by atoms with Crippen LogP contribution in [0.25, 0.3) is 32.7 Å². The topological polar surface area (TPSA) is 36.9 Å². The molecular formula is C60H74O4. The Morgan fingerprint density at radius 1 is 0.375 bits per heavy atom. The van der Waals surface area contributed by atoms with Crippen molar-refractivity contribution in [2.24, 2.45) is 11.8 Å². The summed E-state index contributed by atoms with van der Waals surface area (Å²) in [4.78, 5) is 0. The van der Waals surface area contributed by atoms with Crippen molar-refractivity contribution < 1.29 is 18.9 Å². The van der Waals surface area contributed by atoms with Crippen LogP contribution in [0.2, 0.25) is 0 Å². The molecule has 0 amide bonds. The first-order chi connectivity index (χ1) is 31.7. The first-order valence-corrected chi connectivity index (χ1v) is 25.4. The zero-order chi connectivity index (χ0) is 43.8. The minimum atomic E-state index is 0.546. The summed E-state index contributed by atoms with van der Waals surface area (Å²) in [6.07, 6.45) is 23.4. The van der Waals surface area contributed by atoms with Crippen LogP contribution in [0.3, 0.4) is 0 Å². The molecule has 0 bridgehead atoms. The van der Waals surface area contributed by atoms with E-state index in [0.29, 0.717) is 38.3 Å². The van der Waals surface area contributed by atoms with Gasteiger partial charge in [0, 0.05) is 24.0 Å². The van der Waals surface area contributed by atoms with Gasteiger partial charge in [-0.25, -0.2) is 0 Å². The summed E-state index contributed by atoms with van der Waals surface area (Å²) >= 11 is 0. The molecule has 2 aliphatic rings. The van der Waals surface area contributed by atoms with Crippen LogP contribution in [0.4, 0.5) is 0 Å². The van der Waals surface area contributed by atoms with Gasteiger partial charge in [-0.3, -0.25) is 0 Å². The van der Waals surface area contributed by atoms with Gasteiger partial charge in [0.2, 0.25) is 0 Å². The monoisotopic (exact) mass is 859 g/mol. The molecule has 2 fully saturated rings. The van der Waals surface area contributed by atoms with Gasteiger partial charge in [-0.1, -0.05) is 150 Å². The first-order valence-electron chi connectivity index (χ1n) is 25.4. The number of fused-ring (bicyclic) bond motifs is 2. The maximum Gasteiger partial charge on any atom is 0.127 e. The predicted octanol–water partition coefficient (Wildman–Crippen LogP) is 17.1. The van der Waals surface area contributed by atoms with Gasteiger partial charge in [0.15, 0.2) is 0 Å². The summed E-state index contributed by atoms with van der Waals surface area (Å²) in [5, 5.41) is 4.64. The normalized spacial score (nSPS) is 18.8. The van der Waals surface area contributed by atoms with Crippen molar-refractivity contribution in [3.63, 3.8) is 0 Å². The van der Waals surface area contributed by atoms with Crippen molar-refractivity contribution in [2.75, 3.05) is 26.4 Å². The van der Waals surface area contributed by atoms with Crippen LogP contribution in [0.1, 0.15) is 152 Å². The lowest BCUT2D eigenvalue weighted by Gasteiger charge is -2.29. The molecular weight excluding hydrogens is 785 g/mol. The number of benzene rings is 6. The molecule has 6 aromatic rings. The van der Waals surface area contributed by atoms with Crippen molar-refractivity contribution in [3.05, 3.63) is 132 Å². The predicted molar refractivity (Wildman–Crippen MR) is 269 cm³/mol.